The molecule has 2 rings (SSSR count). The predicted molar refractivity (Wildman–Crippen MR) is 80.5 cm³/mol. The van der Waals surface area contributed by atoms with E-state index in [2.05, 4.69) is 44.0 Å². The molecule has 0 saturated carbocycles. The Kier molecular flexibility index (Phi) is 4.95. The van der Waals surface area contributed by atoms with E-state index in [1.165, 1.54) is 11.6 Å². The van der Waals surface area contributed by atoms with Crippen LogP contribution in [0.4, 0.5) is 4.39 Å². The minimum Gasteiger partial charge on any atom is -0.207 e. The Bertz CT molecular complexity index is 511. The third-order valence-corrected chi connectivity index (χ3v) is 4.32. The van der Waals surface area contributed by atoms with Crippen LogP contribution >= 0.6 is 31.9 Å². The monoisotopic (exact) mass is 370 g/mol. The van der Waals surface area contributed by atoms with Gasteiger partial charge in [0.05, 0.1) is 0 Å². The van der Waals surface area contributed by atoms with Crippen LogP contribution in [0.25, 0.3) is 0 Å². The summed E-state index contributed by atoms with van der Waals surface area (Å²) in [6.45, 7) is 0. The largest absolute Gasteiger partial charge is 0.207 e. The lowest BCUT2D eigenvalue weighted by Gasteiger charge is -2.10. The Labute approximate surface area is 123 Å². The van der Waals surface area contributed by atoms with E-state index < -0.39 is 0 Å². The molecule has 0 saturated heterocycles. The zero-order valence-corrected chi connectivity index (χ0v) is 12.9. The first-order chi connectivity index (χ1) is 8.66. The molecule has 1 atom stereocenters. The highest BCUT2D eigenvalue weighted by Crippen LogP contribution is 2.28. The van der Waals surface area contributed by atoms with Crippen LogP contribution in [0.15, 0.2) is 53.0 Å². The first-order valence-corrected chi connectivity index (χ1v) is 7.50. The summed E-state index contributed by atoms with van der Waals surface area (Å²) in [5.74, 6) is -0.142. The van der Waals surface area contributed by atoms with Gasteiger partial charge in [-0.25, -0.2) is 4.39 Å². The molecule has 0 heterocycles. The maximum Gasteiger partial charge on any atom is 0.127 e. The fourth-order valence-electron chi connectivity index (χ4n) is 1.84. The van der Waals surface area contributed by atoms with Crippen LogP contribution in [0.3, 0.4) is 0 Å². The summed E-state index contributed by atoms with van der Waals surface area (Å²) in [5, 5.41) is 0. The van der Waals surface area contributed by atoms with Crippen molar-refractivity contribution in [1.82, 2.24) is 0 Å². The maximum absolute atomic E-state index is 13.7. The molecule has 0 spiro atoms. The fourth-order valence-corrected chi connectivity index (χ4v) is 2.70. The van der Waals surface area contributed by atoms with Crippen LogP contribution in [0.1, 0.15) is 22.4 Å². The molecular weight excluding hydrogens is 359 g/mol. The highest BCUT2D eigenvalue weighted by Gasteiger charge is 2.09. The summed E-state index contributed by atoms with van der Waals surface area (Å²) >= 11 is 6.91. The van der Waals surface area contributed by atoms with Crippen molar-refractivity contribution in [1.29, 1.82) is 0 Å². The standard InChI is InChI=1S/C15H13Br2F/c16-13-8-6-12(15(18)10-13)7-9-14(17)11-4-2-1-3-5-11/h1-6,8,10,14H,7,9H2. The molecule has 2 aromatic carbocycles. The van der Waals surface area contributed by atoms with Crippen molar-refractivity contribution in [3.05, 3.63) is 69.9 Å². The minimum absolute atomic E-state index is 0.142. The molecule has 3 heteroatoms. The average Bonchev–Trinajstić information content (AvgIpc) is 2.38. The molecule has 0 radical (unpaired) electrons. The molecule has 0 aliphatic carbocycles. The third-order valence-electron chi connectivity index (χ3n) is 2.84. The Balaban J connectivity index is 1.99. The van der Waals surface area contributed by atoms with Gasteiger partial charge in [0, 0.05) is 9.30 Å². The molecule has 0 aliphatic rings. The van der Waals surface area contributed by atoms with E-state index in [9.17, 15) is 4.39 Å². The van der Waals surface area contributed by atoms with E-state index in [0.29, 0.717) is 0 Å². The van der Waals surface area contributed by atoms with Gasteiger partial charge in [-0.15, -0.1) is 0 Å². The van der Waals surface area contributed by atoms with Crippen LogP contribution < -0.4 is 0 Å². The zero-order chi connectivity index (χ0) is 13.0. The average molecular weight is 372 g/mol. The van der Waals surface area contributed by atoms with Gasteiger partial charge in [0.1, 0.15) is 5.82 Å². The van der Waals surface area contributed by atoms with E-state index >= 15 is 0 Å². The third kappa shape index (κ3) is 3.66. The smallest absolute Gasteiger partial charge is 0.127 e. The summed E-state index contributed by atoms with van der Waals surface area (Å²) in [7, 11) is 0. The Hall–Kier alpha value is -0.670. The first kappa shape index (κ1) is 13.8. The number of hydrogen-bond acceptors (Lipinski definition) is 0. The van der Waals surface area contributed by atoms with Gasteiger partial charge in [-0.05, 0) is 36.1 Å². The molecule has 0 bridgehead atoms. The lowest BCUT2D eigenvalue weighted by molar-refractivity contribution is 0.603. The molecule has 0 nitrogen and oxygen atoms in total. The lowest BCUT2D eigenvalue weighted by atomic mass is 10.0. The summed E-state index contributed by atoms with van der Waals surface area (Å²) in [6, 6.07) is 15.4. The summed E-state index contributed by atoms with van der Waals surface area (Å²) in [5.41, 5.74) is 1.99. The number of alkyl halides is 1. The van der Waals surface area contributed by atoms with Gasteiger partial charge < -0.3 is 0 Å². The Morgan fingerprint density at radius 1 is 1.06 bits per heavy atom. The van der Waals surface area contributed by atoms with Crippen LogP contribution in [0, 0.1) is 5.82 Å². The second-order valence-electron chi connectivity index (χ2n) is 4.15. The lowest BCUT2D eigenvalue weighted by Crippen LogP contribution is -1.96. The van der Waals surface area contributed by atoms with E-state index in [-0.39, 0.29) is 10.6 Å². The van der Waals surface area contributed by atoms with E-state index in [4.69, 9.17) is 0 Å². The number of hydrogen-bond donors (Lipinski definition) is 0. The zero-order valence-electron chi connectivity index (χ0n) is 9.74. The van der Waals surface area contributed by atoms with Gasteiger partial charge in [-0.1, -0.05) is 68.3 Å². The highest BCUT2D eigenvalue weighted by molar-refractivity contribution is 9.10. The normalized spacial score (nSPS) is 12.4. The van der Waals surface area contributed by atoms with Crippen LogP contribution in [-0.2, 0) is 6.42 Å². The first-order valence-electron chi connectivity index (χ1n) is 5.80. The second kappa shape index (κ2) is 6.48. The molecule has 0 N–H and O–H groups in total. The van der Waals surface area contributed by atoms with Crippen molar-refractivity contribution < 1.29 is 4.39 Å². The predicted octanol–water partition coefficient (Wildman–Crippen LogP) is 5.66. The molecular formula is C15H13Br2F. The van der Waals surface area contributed by atoms with Crippen molar-refractivity contribution in [2.75, 3.05) is 0 Å². The van der Waals surface area contributed by atoms with Gasteiger partial charge in [-0.2, -0.15) is 0 Å². The molecule has 0 fully saturated rings. The van der Waals surface area contributed by atoms with Gasteiger partial charge in [0.25, 0.3) is 0 Å². The van der Waals surface area contributed by atoms with E-state index in [1.54, 1.807) is 0 Å². The number of aryl methyl sites for hydroxylation is 1. The summed E-state index contributed by atoms with van der Waals surface area (Å²) in [6.07, 6.45) is 1.60. The minimum atomic E-state index is -0.142. The number of halogens is 3. The van der Waals surface area contributed by atoms with Crippen LogP contribution in [0.5, 0.6) is 0 Å². The van der Waals surface area contributed by atoms with E-state index in [1.807, 2.05) is 30.3 Å². The van der Waals surface area contributed by atoms with Crippen molar-refractivity contribution in [2.45, 2.75) is 17.7 Å². The van der Waals surface area contributed by atoms with E-state index in [0.717, 1.165) is 22.9 Å². The van der Waals surface area contributed by atoms with Crippen molar-refractivity contribution in [3.8, 4) is 0 Å². The van der Waals surface area contributed by atoms with Crippen LogP contribution in [-0.4, -0.2) is 0 Å². The summed E-state index contributed by atoms with van der Waals surface area (Å²) < 4.78 is 14.4. The molecule has 2 aromatic rings. The van der Waals surface area contributed by atoms with Crippen molar-refractivity contribution in [3.63, 3.8) is 0 Å². The van der Waals surface area contributed by atoms with Crippen molar-refractivity contribution >= 4 is 31.9 Å². The van der Waals surface area contributed by atoms with Gasteiger partial charge in [0.2, 0.25) is 0 Å². The number of benzene rings is 2. The Morgan fingerprint density at radius 2 is 1.78 bits per heavy atom. The molecule has 0 aromatic heterocycles. The number of rotatable bonds is 4. The molecule has 18 heavy (non-hydrogen) atoms. The molecule has 1 unspecified atom stereocenters. The molecule has 94 valence electrons. The molecule has 0 amide bonds. The summed E-state index contributed by atoms with van der Waals surface area (Å²) in [4.78, 5) is 0.266. The second-order valence-corrected chi connectivity index (χ2v) is 6.17. The quantitative estimate of drug-likeness (QED) is 0.608. The molecule has 0 aliphatic heterocycles. The van der Waals surface area contributed by atoms with Gasteiger partial charge in [-0.3, -0.25) is 0 Å². The van der Waals surface area contributed by atoms with Crippen LogP contribution in [0.2, 0.25) is 0 Å². The highest BCUT2D eigenvalue weighted by atomic mass is 79.9. The van der Waals surface area contributed by atoms with Gasteiger partial charge >= 0.3 is 0 Å². The Morgan fingerprint density at radius 3 is 2.44 bits per heavy atom. The maximum atomic E-state index is 13.7. The topological polar surface area (TPSA) is 0 Å². The SMILES string of the molecule is Fc1cc(Br)ccc1CCC(Br)c1ccccc1. The van der Waals surface area contributed by atoms with Gasteiger partial charge in [0.15, 0.2) is 0 Å². The van der Waals surface area contributed by atoms with Crippen molar-refractivity contribution in [2.24, 2.45) is 0 Å². The fraction of sp³-hybridized carbons (Fsp3) is 0.200.